The Morgan fingerprint density at radius 1 is 0.815 bits per heavy atom. The Morgan fingerprint density at radius 2 is 1.48 bits per heavy atom. The zero-order valence-electron chi connectivity index (χ0n) is 15.9. The number of rotatable bonds is 4. The molecule has 2 aliphatic rings. The van der Waals surface area contributed by atoms with Crippen molar-refractivity contribution in [3.63, 3.8) is 0 Å². The first kappa shape index (κ1) is 17.8. The maximum Gasteiger partial charge on any atom is 0.255 e. The fourth-order valence-electron chi connectivity index (χ4n) is 3.93. The number of pyridine rings is 1. The third-order valence-corrected chi connectivity index (χ3v) is 5.51. The quantitative estimate of drug-likeness (QED) is 0.871. The van der Waals surface area contributed by atoms with Gasteiger partial charge in [0, 0.05) is 43.8 Å². The number of aromatic nitrogens is 1. The molecule has 142 valence electrons. The summed E-state index contributed by atoms with van der Waals surface area (Å²) < 4.78 is 0. The number of carbonyl (C=O) groups is 1. The Labute approximate surface area is 161 Å². The zero-order valence-corrected chi connectivity index (χ0v) is 15.9. The molecule has 1 amide bonds. The molecule has 0 saturated carbocycles. The minimum Gasteiger partial charge on any atom is -0.372 e. The number of anilines is 3. The van der Waals surface area contributed by atoms with E-state index in [-0.39, 0.29) is 5.91 Å². The van der Waals surface area contributed by atoms with Crippen LogP contribution in [0.2, 0.25) is 0 Å². The Morgan fingerprint density at radius 3 is 2.11 bits per heavy atom. The molecular weight excluding hydrogens is 336 g/mol. The van der Waals surface area contributed by atoms with Gasteiger partial charge in [0.2, 0.25) is 0 Å². The van der Waals surface area contributed by atoms with Crippen molar-refractivity contribution in [2.75, 3.05) is 36.4 Å². The van der Waals surface area contributed by atoms with Crippen molar-refractivity contribution in [2.24, 2.45) is 0 Å². The Bertz CT molecular complexity index is 743. The molecular formula is C22H28N4O. The summed E-state index contributed by atoms with van der Waals surface area (Å²) in [5, 5.41) is 3.32. The summed E-state index contributed by atoms with van der Waals surface area (Å²) in [4.78, 5) is 21.5. The second kappa shape index (κ2) is 8.42. The van der Waals surface area contributed by atoms with Crippen molar-refractivity contribution in [3.8, 4) is 0 Å². The SMILES string of the molecule is O=C(c1ccc(Nc2ccc(N3CCCC3)cc2)nc1)N1CCCCCC1. The summed E-state index contributed by atoms with van der Waals surface area (Å²) in [7, 11) is 0. The number of likely N-dealkylation sites (tertiary alicyclic amines) is 1. The predicted octanol–water partition coefficient (Wildman–Crippen LogP) is 4.44. The average molecular weight is 364 g/mol. The van der Waals surface area contributed by atoms with Crippen molar-refractivity contribution in [1.82, 2.24) is 9.88 Å². The minimum atomic E-state index is 0.103. The molecule has 0 spiro atoms. The summed E-state index contributed by atoms with van der Waals surface area (Å²) in [5.74, 6) is 0.863. The van der Waals surface area contributed by atoms with Crippen LogP contribution in [0.1, 0.15) is 48.9 Å². The first-order valence-electron chi connectivity index (χ1n) is 10.2. The van der Waals surface area contributed by atoms with Crippen LogP contribution in [0.15, 0.2) is 42.6 Å². The Kier molecular flexibility index (Phi) is 5.56. The van der Waals surface area contributed by atoms with Gasteiger partial charge in [-0.25, -0.2) is 4.98 Å². The second-order valence-electron chi connectivity index (χ2n) is 7.50. The topological polar surface area (TPSA) is 48.5 Å². The van der Waals surface area contributed by atoms with Gasteiger partial charge in [0.15, 0.2) is 0 Å². The summed E-state index contributed by atoms with van der Waals surface area (Å²) in [5.41, 5.74) is 2.97. The first-order chi connectivity index (χ1) is 13.3. The van der Waals surface area contributed by atoms with Gasteiger partial charge in [0.05, 0.1) is 5.56 Å². The minimum absolute atomic E-state index is 0.103. The van der Waals surface area contributed by atoms with Gasteiger partial charge in [-0.2, -0.15) is 0 Å². The number of hydrogen-bond donors (Lipinski definition) is 1. The van der Waals surface area contributed by atoms with Gasteiger partial charge in [-0.3, -0.25) is 4.79 Å². The van der Waals surface area contributed by atoms with E-state index < -0.39 is 0 Å². The van der Waals surface area contributed by atoms with Crippen LogP contribution in [-0.2, 0) is 0 Å². The number of hydrogen-bond acceptors (Lipinski definition) is 4. The summed E-state index contributed by atoms with van der Waals surface area (Å²) in [6.45, 7) is 4.03. The van der Waals surface area contributed by atoms with E-state index in [1.807, 2.05) is 17.0 Å². The van der Waals surface area contributed by atoms with E-state index in [0.717, 1.165) is 50.5 Å². The smallest absolute Gasteiger partial charge is 0.255 e. The monoisotopic (exact) mass is 364 g/mol. The van der Waals surface area contributed by atoms with E-state index in [1.54, 1.807) is 6.20 Å². The van der Waals surface area contributed by atoms with Crippen LogP contribution in [0.4, 0.5) is 17.2 Å². The first-order valence-corrected chi connectivity index (χ1v) is 10.2. The van der Waals surface area contributed by atoms with Gasteiger partial charge in [0.1, 0.15) is 5.82 Å². The predicted molar refractivity (Wildman–Crippen MR) is 110 cm³/mol. The molecule has 2 aromatic rings. The van der Waals surface area contributed by atoms with E-state index in [2.05, 4.69) is 39.5 Å². The summed E-state index contributed by atoms with van der Waals surface area (Å²) in [6.07, 6.45) is 8.91. The molecule has 27 heavy (non-hydrogen) atoms. The van der Waals surface area contributed by atoms with Gasteiger partial charge in [0.25, 0.3) is 5.91 Å². The fourth-order valence-corrected chi connectivity index (χ4v) is 3.93. The molecule has 2 fully saturated rings. The molecule has 0 bridgehead atoms. The van der Waals surface area contributed by atoms with Crippen LogP contribution in [0.5, 0.6) is 0 Å². The number of amides is 1. The maximum absolute atomic E-state index is 12.6. The highest BCUT2D eigenvalue weighted by atomic mass is 16.2. The van der Waals surface area contributed by atoms with Gasteiger partial charge in [-0.15, -0.1) is 0 Å². The molecule has 1 aromatic heterocycles. The lowest BCUT2D eigenvalue weighted by atomic mass is 10.2. The van der Waals surface area contributed by atoms with Crippen LogP contribution in [0, 0.1) is 0 Å². The van der Waals surface area contributed by atoms with E-state index in [0.29, 0.717) is 5.56 Å². The van der Waals surface area contributed by atoms with Crippen molar-refractivity contribution >= 4 is 23.1 Å². The van der Waals surface area contributed by atoms with Crippen molar-refractivity contribution < 1.29 is 4.79 Å². The molecule has 3 heterocycles. The summed E-state index contributed by atoms with van der Waals surface area (Å²) >= 11 is 0. The van der Waals surface area contributed by atoms with Gasteiger partial charge >= 0.3 is 0 Å². The van der Waals surface area contributed by atoms with E-state index in [9.17, 15) is 4.79 Å². The fraction of sp³-hybridized carbons (Fsp3) is 0.455. The molecule has 1 N–H and O–H groups in total. The zero-order chi connectivity index (χ0) is 18.5. The number of nitrogens with one attached hydrogen (secondary N) is 1. The standard InChI is InChI=1S/C22H28N4O/c27-22(26-15-3-1-2-4-16-26)18-7-12-21(23-17-18)24-19-8-10-20(11-9-19)25-13-5-6-14-25/h7-12,17H,1-6,13-16H2,(H,23,24). The molecule has 2 saturated heterocycles. The lowest BCUT2D eigenvalue weighted by Gasteiger charge is -2.20. The van der Waals surface area contributed by atoms with Crippen LogP contribution in [0.25, 0.3) is 0 Å². The Balaban J connectivity index is 1.37. The van der Waals surface area contributed by atoms with Crippen molar-refractivity contribution in [1.29, 1.82) is 0 Å². The van der Waals surface area contributed by atoms with Crippen LogP contribution >= 0.6 is 0 Å². The third-order valence-electron chi connectivity index (χ3n) is 5.51. The Hall–Kier alpha value is -2.56. The average Bonchev–Trinajstić information content (AvgIpc) is 3.11. The molecule has 0 atom stereocenters. The van der Waals surface area contributed by atoms with Crippen molar-refractivity contribution in [3.05, 3.63) is 48.2 Å². The highest BCUT2D eigenvalue weighted by Gasteiger charge is 2.17. The van der Waals surface area contributed by atoms with Gasteiger partial charge in [-0.05, 0) is 62.1 Å². The molecule has 1 aromatic carbocycles. The van der Waals surface area contributed by atoms with Gasteiger partial charge < -0.3 is 15.1 Å². The van der Waals surface area contributed by atoms with E-state index in [1.165, 1.54) is 31.4 Å². The molecule has 0 aliphatic carbocycles. The summed E-state index contributed by atoms with van der Waals surface area (Å²) in [6, 6.07) is 12.3. The molecule has 4 rings (SSSR count). The molecule has 5 nitrogen and oxygen atoms in total. The second-order valence-corrected chi connectivity index (χ2v) is 7.50. The van der Waals surface area contributed by atoms with Crippen LogP contribution in [-0.4, -0.2) is 42.0 Å². The molecule has 0 radical (unpaired) electrons. The van der Waals surface area contributed by atoms with Crippen LogP contribution in [0.3, 0.4) is 0 Å². The maximum atomic E-state index is 12.6. The van der Waals surface area contributed by atoms with Gasteiger partial charge in [-0.1, -0.05) is 12.8 Å². The molecule has 5 heteroatoms. The van der Waals surface area contributed by atoms with Crippen molar-refractivity contribution in [2.45, 2.75) is 38.5 Å². The largest absolute Gasteiger partial charge is 0.372 e. The molecule has 0 unspecified atom stereocenters. The molecule has 2 aliphatic heterocycles. The normalized spacial score (nSPS) is 17.6. The number of benzene rings is 1. The lowest BCUT2D eigenvalue weighted by molar-refractivity contribution is 0.0761. The highest BCUT2D eigenvalue weighted by Crippen LogP contribution is 2.23. The van der Waals surface area contributed by atoms with E-state index in [4.69, 9.17) is 0 Å². The number of carbonyl (C=O) groups excluding carboxylic acids is 1. The van der Waals surface area contributed by atoms with E-state index >= 15 is 0 Å². The number of nitrogens with zero attached hydrogens (tertiary/aromatic N) is 3. The third kappa shape index (κ3) is 4.41. The lowest BCUT2D eigenvalue weighted by Crippen LogP contribution is -2.31. The highest BCUT2D eigenvalue weighted by molar-refractivity contribution is 5.94. The van der Waals surface area contributed by atoms with Crippen LogP contribution < -0.4 is 10.2 Å².